The quantitative estimate of drug-likeness (QED) is 0.782. The van der Waals surface area contributed by atoms with Crippen LogP contribution in [0.25, 0.3) is 10.9 Å². The standard InChI is InChI=1S/C11H11N3O2.C2H6/c12-9-2-1-7-4-13-14(10(7)3-9)11(15)8-5-16-6-8;1-2/h1-4,8H,5-6,12H2;1-2H3. The van der Waals surface area contributed by atoms with Crippen LogP contribution >= 0.6 is 0 Å². The molecule has 0 spiro atoms. The Morgan fingerprint density at radius 1 is 1.44 bits per heavy atom. The number of anilines is 1. The van der Waals surface area contributed by atoms with Gasteiger partial charge in [0.15, 0.2) is 0 Å². The summed E-state index contributed by atoms with van der Waals surface area (Å²) in [6.45, 7) is 4.98. The zero-order valence-corrected chi connectivity index (χ0v) is 10.6. The molecule has 3 rings (SSSR count). The highest BCUT2D eigenvalue weighted by Crippen LogP contribution is 2.20. The molecule has 18 heavy (non-hydrogen) atoms. The molecule has 1 fully saturated rings. The smallest absolute Gasteiger partial charge is 0.255 e. The summed E-state index contributed by atoms with van der Waals surface area (Å²) >= 11 is 0. The fourth-order valence-electron chi connectivity index (χ4n) is 1.76. The maximum absolute atomic E-state index is 12.0. The van der Waals surface area contributed by atoms with E-state index in [1.807, 2.05) is 19.9 Å². The van der Waals surface area contributed by atoms with Crippen molar-refractivity contribution in [2.24, 2.45) is 5.92 Å². The van der Waals surface area contributed by atoms with E-state index < -0.39 is 0 Å². The number of benzene rings is 1. The van der Waals surface area contributed by atoms with Gasteiger partial charge in [-0.1, -0.05) is 13.8 Å². The maximum Gasteiger partial charge on any atom is 0.255 e. The summed E-state index contributed by atoms with van der Waals surface area (Å²) in [5.74, 6) is -0.0867. The Morgan fingerprint density at radius 3 is 2.78 bits per heavy atom. The molecule has 0 unspecified atom stereocenters. The lowest BCUT2D eigenvalue weighted by Crippen LogP contribution is -2.38. The van der Waals surface area contributed by atoms with Crippen molar-refractivity contribution in [3.8, 4) is 0 Å². The van der Waals surface area contributed by atoms with Gasteiger partial charge in [-0.2, -0.15) is 9.78 Å². The Labute approximate surface area is 106 Å². The number of ether oxygens (including phenoxy) is 1. The van der Waals surface area contributed by atoms with E-state index in [4.69, 9.17) is 10.5 Å². The number of aromatic nitrogens is 2. The maximum atomic E-state index is 12.0. The van der Waals surface area contributed by atoms with E-state index >= 15 is 0 Å². The Kier molecular flexibility index (Phi) is 3.62. The number of nitrogens with zero attached hydrogens (tertiary/aromatic N) is 2. The monoisotopic (exact) mass is 247 g/mol. The minimum atomic E-state index is -0.0652. The van der Waals surface area contributed by atoms with Crippen LogP contribution in [0, 0.1) is 5.92 Å². The van der Waals surface area contributed by atoms with Crippen LogP contribution in [0.2, 0.25) is 0 Å². The number of carbonyl (C=O) groups is 1. The summed E-state index contributed by atoms with van der Waals surface area (Å²) in [5.41, 5.74) is 7.09. The lowest BCUT2D eigenvalue weighted by Gasteiger charge is -2.24. The topological polar surface area (TPSA) is 70.1 Å². The highest BCUT2D eigenvalue weighted by molar-refractivity contribution is 5.93. The molecule has 1 aliphatic heterocycles. The van der Waals surface area contributed by atoms with Crippen LogP contribution in [0.4, 0.5) is 5.69 Å². The van der Waals surface area contributed by atoms with Gasteiger partial charge in [-0.25, -0.2) is 0 Å². The fourth-order valence-corrected chi connectivity index (χ4v) is 1.76. The van der Waals surface area contributed by atoms with E-state index in [-0.39, 0.29) is 11.8 Å². The molecule has 0 atom stereocenters. The first-order chi connectivity index (χ1) is 8.75. The Hall–Kier alpha value is -1.88. The summed E-state index contributed by atoms with van der Waals surface area (Å²) in [6.07, 6.45) is 1.67. The van der Waals surface area contributed by atoms with Gasteiger partial charge in [-0.05, 0) is 18.2 Å². The highest BCUT2D eigenvalue weighted by Gasteiger charge is 2.29. The minimum Gasteiger partial charge on any atom is -0.399 e. The van der Waals surface area contributed by atoms with Crippen LogP contribution < -0.4 is 5.73 Å². The molecule has 5 nitrogen and oxygen atoms in total. The summed E-state index contributed by atoms with van der Waals surface area (Å²) in [7, 11) is 0. The van der Waals surface area contributed by atoms with Gasteiger partial charge in [0.25, 0.3) is 5.91 Å². The average molecular weight is 247 g/mol. The molecule has 1 aromatic heterocycles. The van der Waals surface area contributed by atoms with Gasteiger partial charge in [-0.15, -0.1) is 0 Å². The first-order valence-corrected chi connectivity index (χ1v) is 6.11. The predicted molar refractivity (Wildman–Crippen MR) is 70.4 cm³/mol. The van der Waals surface area contributed by atoms with Crippen molar-refractivity contribution >= 4 is 22.5 Å². The molecular formula is C13H17N3O2. The zero-order valence-electron chi connectivity index (χ0n) is 10.6. The number of carbonyl (C=O) groups excluding carboxylic acids is 1. The third-order valence-corrected chi connectivity index (χ3v) is 2.79. The van der Waals surface area contributed by atoms with Crippen molar-refractivity contribution in [3.05, 3.63) is 24.4 Å². The number of nitrogens with two attached hydrogens (primary N) is 1. The number of fused-ring (bicyclic) bond motifs is 1. The molecule has 2 N–H and O–H groups in total. The third kappa shape index (κ3) is 2.09. The first-order valence-electron chi connectivity index (χ1n) is 6.11. The molecule has 2 heterocycles. The molecule has 0 aliphatic carbocycles. The van der Waals surface area contributed by atoms with Gasteiger partial charge in [-0.3, -0.25) is 4.79 Å². The minimum absolute atomic E-state index is 0.0214. The van der Waals surface area contributed by atoms with E-state index in [1.54, 1.807) is 18.3 Å². The second kappa shape index (κ2) is 5.18. The Morgan fingerprint density at radius 2 is 2.17 bits per heavy atom. The molecule has 0 radical (unpaired) electrons. The zero-order chi connectivity index (χ0) is 13.1. The summed E-state index contributed by atoms with van der Waals surface area (Å²) in [6, 6.07) is 5.42. The number of hydrogen-bond acceptors (Lipinski definition) is 4. The van der Waals surface area contributed by atoms with Crippen LogP contribution in [-0.2, 0) is 4.74 Å². The fraction of sp³-hybridized carbons (Fsp3) is 0.385. The van der Waals surface area contributed by atoms with Gasteiger partial charge in [0.1, 0.15) is 0 Å². The molecule has 0 bridgehead atoms. The normalized spacial score (nSPS) is 14.8. The van der Waals surface area contributed by atoms with Crippen LogP contribution in [0.5, 0.6) is 0 Å². The summed E-state index contributed by atoms with van der Waals surface area (Å²) < 4.78 is 6.42. The molecule has 5 heteroatoms. The van der Waals surface area contributed by atoms with Crippen molar-refractivity contribution in [1.29, 1.82) is 0 Å². The highest BCUT2D eigenvalue weighted by atomic mass is 16.5. The van der Waals surface area contributed by atoms with Gasteiger partial charge >= 0.3 is 0 Å². The predicted octanol–water partition coefficient (Wildman–Crippen LogP) is 1.93. The average Bonchev–Trinajstić information content (AvgIpc) is 2.72. The van der Waals surface area contributed by atoms with E-state index in [9.17, 15) is 4.79 Å². The SMILES string of the molecule is CC.Nc1ccc2cnn(C(=O)C3COC3)c2c1. The van der Waals surface area contributed by atoms with E-state index in [2.05, 4.69) is 5.10 Å². The molecule has 2 aromatic rings. The third-order valence-electron chi connectivity index (χ3n) is 2.79. The largest absolute Gasteiger partial charge is 0.399 e. The van der Waals surface area contributed by atoms with Crippen molar-refractivity contribution in [1.82, 2.24) is 9.78 Å². The summed E-state index contributed by atoms with van der Waals surface area (Å²) in [5, 5.41) is 5.01. The van der Waals surface area contributed by atoms with Gasteiger partial charge in [0.2, 0.25) is 0 Å². The van der Waals surface area contributed by atoms with Gasteiger partial charge < -0.3 is 10.5 Å². The Bertz CT molecular complexity index is 558. The number of rotatable bonds is 1. The van der Waals surface area contributed by atoms with Crippen LogP contribution in [0.15, 0.2) is 24.4 Å². The number of hydrogen-bond donors (Lipinski definition) is 1. The van der Waals surface area contributed by atoms with E-state index in [0.29, 0.717) is 18.9 Å². The van der Waals surface area contributed by atoms with Crippen LogP contribution in [0.1, 0.15) is 18.6 Å². The second-order valence-electron chi connectivity index (χ2n) is 3.95. The Balaban J connectivity index is 0.000000574. The molecule has 1 aliphatic rings. The van der Waals surface area contributed by atoms with Gasteiger partial charge in [0, 0.05) is 11.1 Å². The lowest BCUT2D eigenvalue weighted by molar-refractivity contribution is -0.0243. The molecule has 96 valence electrons. The van der Waals surface area contributed by atoms with Crippen molar-refractivity contribution < 1.29 is 9.53 Å². The van der Waals surface area contributed by atoms with Crippen LogP contribution in [0.3, 0.4) is 0 Å². The van der Waals surface area contributed by atoms with Gasteiger partial charge in [0.05, 0.1) is 30.8 Å². The van der Waals surface area contributed by atoms with Crippen molar-refractivity contribution in [3.63, 3.8) is 0 Å². The van der Waals surface area contributed by atoms with E-state index in [0.717, 1.165) is 10.9 Å². The van der Waals surface area contributed by atoms with Crippen LogP contribution in [-0.4, -0.2) is 28.9 Å². The molecule has 0 saturated carbocycles. The number of nitrogen functional groups attached to an aromatic ring is 1. The molecular weight excluding hydrogens is 230 g/mol. The molecule has 1 saturated heterocycles. The van der Waals surface area contributed by atoms with E-state index in [1.165, 1.54) is 4.68 Å². The van der Waals surface area contributed by atoms with Crippen molar-refractivity contribution in [2.45, 2.75) is 13.8 Å². The summed E-state index contributed by atoms with van der Waals surface area (Å²) in [4.78, 5) is 12.0. The second-order valence-corrected chi connectivity index (χ2v) is 3.95. The van der Waals surface area contributed by atoms with Crippen molar-refractivity contribution in [2.75, 3.05) is 18.9 Å². The molecule has 1 aromatic carbocycles. The first kappa shape index (κ1) is 12.6. The molecule has 0 amide bonds. The lowest BCUT2D eigenvalue weighted by atomic mass is 10.1.